The SMILES string of the molecule is C=C(C)CN1C(=O)CCc2cc(N(C)CCC(=O)O)ccc21. The van der Waals surface area contributed by atoms with Crippen LogP contribution in [-0.4, -0.2) is 37.1 Å². The van der Waals surface area contributed by atoms with Gasteiger partial charge in [-0.15, -0.1) is 0 Å². The highest BCUT2D eigenvalue weighted by atomic mass is 16.4. The number of aryl methyl sites for hydroxylation is 1. The van der Waals surface area contributed by atoms with Crippen LogP contribution in [0.2, 0.25) is 0 Å². The molecule has 1 heterocycles. The van der Waals surface area contributed by atoms with Gasteiger partial charge in [0.1, 0.15) is 0 Å². The van der Waals surface area contributed by atoms with Crippen molar-refractivity contribution in [3.8, 4) is 0 Å². The molecule has 0 fully saturated rings. The van der Waals surface area contributed by atoms with Crippen molar-refractivity contribution in [1.82, 2.24) is 0 Å². The van der Waals surface area contributed by atoms with E-state index in [-0.39, 0.29) is 12.3 Å². The molecule has 1 aliphatic rings. The third-order valence-corrected chi connectivity index (χ3v) is 3.79. The fourth-order valence-electron chi connectivity index (χ4n) is 2.62. The molecular formula is C17H22N2O3. The Balaban J connectivity index is 2.22. The van der Waals surface area contributed by atoms with Crippen LogP contribution in [0, 0.1) is 0 Å². The number of benzene rings is 1. The van der Waals surface area contributed by atoms with E-state index in [1.54, 1.807) is 4.90 Å². The Morgan fingerprint density at radius 1 is 1.41 bits per heavy atom. The number of carbonyl (C=O) groups is 2. The molecule has 0 spiro atoms. The molecule has 2 rings (SSSR count). The van der Waals surface area contributed by atoms with Gasteiger partial charge in [-0.25, -0.2) is 0 Å². The Morgan fingerprint density at radius 3 is 2.77 bits per heavy atom. The molecule has 1 N–H and O–H groups in total. The summed E-state index contributed by atoms with van der Waals surface area (Å²) in [6.45, 7) is 6.80. The maximum Gasteiger partial charge on any atom is 0.305 e. The van der Waals surface area contributed by atoms with Crippen molar-refractivity contribution in [1.29, 1.82) is 0 Å². The number of hydrogen-bond acceptors (Lipinski definition) is 3. The Hall–Kier alpha value is -2.30. The van der Waals surface area contributed by atoms with E-state index in [0.717, 1.165) is 28.9 Å². The second kappa shape index (κ2) is 6.64. The van der Waals surface area contributed by atoms with E-state index in [1.165, 1.54) is 0 Å². The van der Waals surface area contributed by atoms with E-state index in [2.05, 4.69) is 12.6 Å². The van der Waals surface area contributed by atoms with Crippen LogP contribution >= 0.6 is 0 Å². The van der Waals surface area contributed by atoms with Crippen molar-refractivity contribution >= 4 is 23.3 Å². The Labute approximate surface area is 130 Å². The summed E-state index contributed by atoms with van der Waals surface area (Å²) in [5, 5.41) is 8.77. The van der Waals surface area contributed by atoms with E-state index < -0.39 is 5.97 Å². The highest BCUT2D eigenvalue weighted by molar-refractivity contribution is 5.97. The number of rotatable bonds is 6. The lowest BCUT2D eigenvalue weighted by Crippen LogP contribution is -2.36. The van der Waals surface area contributed by atoms with Crippen LogP contribution in [0.1, 0.15) is 25.3 Å². The molecule has 0 radical (unpaired) electrons. The Kier molecular flexibility index (Phi) is 4.85. The van der Waals surface area contributed by atoms with Crippen LogP contribution < -0.4 is 9.80 Å². The van der Waals surface area contributed by atoms with Crippen LogP contribution in [0.25, 0.3) is 0 Å². The second-order valence-corrected chi connectivity index (χ2v) is 5.82. The second-order valence-electron chi connectivity index (χ2n) is 5.82. The first-order valence-electron chi connectivity index (χ1n) is 7.39. The molecule has 5 nitrogen and oxygen atoms in total. The largest absolute Gasteiger partial charge is 0.481 e. The highest BCUT2D eigenvalue weighted by Crippen LogP contribution is 2.31. The third kappa shape index (κ3) is 3.67. The van der Waals surface area contributed by atoms with Crippen LogP contribution in [0.5, 0.6) is 0 Å². The normalized spacial score (nSPS) is 13.7. The van der Waals surface area contributed by atoms with Gasteiger partial charge in [0.15, 0.2) is 0 Å². The van der Waals surface area contributed by atoms with Gasteiger partial charge < -0.3 is 14.9 Å². The molecule has 0 atom stereocenters. The minimum atomic E-state index is -0.803. The third-order valence-electron chi connectivity index (χ3n) is 3.79. The first-order valence-corrected chi connectivity index (χ1v) is 7.39. The lowest BCUT2D eigenvalue weighted by molar-refractivity contribution is -0.136. The van der Waals surface area contributed by atoms with Gasteiger partial charge in [0, 0.05) is 37.9 Å². The topological polar surface area (TPSA) is 60.9 Å². The summed E-state index contributed by atoms with van der Waals surface area (Å²) in [6.07, 6.45) is 1.33. The maximum absolute atomic E-state index is 12.1. The van der Waals surface area contributed by atoms with Crippen LogP contribution in [0.3, 0.4) is 0 Å². The fourth-order valence-corrected chi connectivity index (χ4v) is 2.62. The minimum absolute atomic E-state index is 0.105. The van der Waals surface area contributed by atoms with Crippen molar-refractivity contribution < 1.29 is 14.7 Å². The molecule has 0 aliphatic carbocycles. The lowest BCUT2D eigenvalue weighted by atomic mass is 9.99. The molecule has 5 heteroatoms. The molecule has 1 aromatic rings. The first kappa shape index (κ1) is 16.1. The van der Waals surface area contributed by atoms with Crippen molar-refractivity contribution in [3.63, 3.8) is 0 Å². The zero-order valence-corrected chi connectivity index (χ0v) is 13.1. The summed E-state index contributed by atoms with van der Waals surface area (Å²) in [7, 11) is 1.88. The summed E-state index contributed by atoms with van der Waals surface area (Å²) in [6, 6.07) is 5.93. The molecule has 0 saturated heterocycles. The Bertz CT molecular complexity index is 610. The van der Waals surface area contributed by atoms with Gasteiger partial charge in [0.05, 0.1) is 6.42 Å². The standard InChI is InChI=1S/C17H22N2O3/c1-12(2)11-19-15-6-5-14(18(3)9-8-17(21)22)10-13(15)4-7-16(19)20/h5-6,10H,1,4,7-9,11H2,2-3H3,(H,21,22). The summed E-state index contributed by atoms with van der Waals surface area (Å²) >= 11 is 0. The molecule has 1 aliphatic heterocycles. The number of hydrogen-bond donors (Lipinski definition) is 1. The summed E-state index contributed by atoms with van der Waals surface area (Å²) in [5.74, 6) is -0.675. The number of anilines is 2. The van der Waals surface area contributed by atoms with Gasteiger partial charge in [-0.1, -0.05) is 12.2 Å². The summed E-state index contributed by atoms with van der Waals surface area (Å²) in [4.78, 5) is 26.5. The minimum Gasteiger partial charge on any atom is -0.481 e. The zero-order chi connectivity index (χ0) is 16.3. The first-order chi connectivity index (χ1) is 10.4. The molecule has 1 aromatic carbocycles. The summed E-state index contributed by atoms with van der Waals surface area (Å²) in [5.41, 5.74) is 3.99. The van der Waals surface area contributed by atoms with Crippen molar-refractivity contribution in [3.05, 3.63) is 35.9 Å². The molecule has 0 saturated carbocycles. The van der Waals surface area contributed by atoms with Gasteiger partial charge in [-0.2, -0.15) is 0 Å². The smallest absolute Gasteiger partial charge is 0.305 e. The number of carboxylic acid groups (broad SMARTS) is 1. The molecule has 22 heavy (non-hydrogen) atoms. The molecule has 0 bridgehead atoms. The Morgan fingerprint density at radius 2 is 2.14 bits per heavy atom. The molecule has 0 aromatic heterocycles. The molecule has 1 amide bonds. The number of amides is 1. The van der Waals surface area contributed by atoms with Gasteiger partial charge in [-0.3, -0.25) is 9.59 Å². The molecule has 0 unspecified atom stereocenters. The van der Waals surface area contributed by atoms with Crippen LogP contribution in [0.15, 0.2) is 30.4 Å². The van der Waals surface area contributed by atoms with E-state index in [4.69, 9.17) is 5.11 Å². The predicted molar refractivity (Wildman–Crippen MR) is 87.5 cm³/mol. The van der Waals surface area contributed by atoms with Crippen LogP contribution in [-0.2, 0) is 16.0 Å². The number of carbonyl (C=O) groups excluding carboxylic acids is 1. The fraction of sp³-hybridized carbons (Fsp3) is 0.412. The van der Waals surface area contributed by atoms with Gasteiger partial charge in [0.2, 0.25) is 5.91 Å². The van der Waals surface area contributed by atoms with E-state index in [1.807, 2.05) is 31.0 Å². The van der Waals surface area contributed by atoms with E-state index >= 15 is 0 Å². The van der Waals surface area contributed by atoms with E-state index in [0.29, 0.717) is 19.5 Å². The predicted octanol–water partition coefficient (Wildman–Crippen LogP) is 2.45. The van der Waals surface area contributed by atoms with Crippen LogP contribution in [0.4, 0.5) is 11.4 Å². The quantitative estimate of drug-likeness (QED) is 0.820. The van der Waals surface area contributed by atoms with Gasteiger partial charge in [-0.05, 0) is 37.1 Å². The number of fused-ring (bicyclic) bond motifs is 1. The number of nitrogens with zero attached hydrogens (tertiary/aromatic N) is 2. The monoisotopic (exact) mass is 302 g/mol. The zero-order valence-electron chi connectivity index (χ0n) is 13.1. The lowest BCUT2D eigenvalue weighted by Gasteiger charge is -2.31. The number of aliphatic carboxylic acids is 1. The van der Waals surface area contributed by atoms with Gasteiger partial charge in [0.25, 0.3) is 0 Å². The van der Waals surface area contributed by atoms with Gasteiger partial charge >= 0.3 is 5.97 Å². The average molecular weight is 302 g/mol. The number of carboxylic acids is 1. The molecule has 118 valence electrons. The van der Waals surface area contributed by atoms with Crippen molar-refractivity contribution in [2.45, 2.75) is 26.2 Å². The average Bonchev–Trinajstić information content (AvgIpc) is 2.47. The summed E-state index contributed by atoms with van der Waals surface area (Å²) < 4.78 is 0. The maximum atomic E-state index is 12.1. The van der Waals surface area contributed by atoms with Crippen molar-refractivity contribution in [2.75, 3.05) is 29.9 Å². The van der Waals surface area contributed by atoms with Crippen molar-refractivity contribution in [2.24, 2.45) is 0 Å². The van der Waals surface area contributed by atoms with E-state index in [9.17, 15) is 9.59 Å². The molecular weight excluding hydrogens is 280 g/mol. The highest BCUT2D eigenvalue weighted by Gasteiger charge is 2.24.